The maximum Gasteiger partial charge on any atom is 0.123 e. The largest absolute Gasteiger partial charge is 0.320 e. The lowest BCUT2D eigenvalue weighted by molar-refractivity contribution is 0.551. The van der Waals surface area contributed by atoms with Gasteiger partial charge in [-0.1, -0.05) is 12.1 Å². The molecule has 2 N–H and O–H groups in total. The SMILES string of the molecule is CC(C)(N)c1nc(-c2cccc(F)c2)cs1. The average Bonchev–Trinajstić information content (AvgIpc) is 2.65. The lowest BCUT2D eigenvalue weighted by Crippen LogP contribution is -2.28. The Morgan fingerprint density at radius 1 is 1.38 bits per heavy atom. The molecule has 0 unspecified atom stereocenters. The minimum Gasteiger partial charge on any atom is -0.320 e. The van der Waals surface area contributed by atoms with E-state index in [1.807, 2.05) is 25.3 Å². The van der Waals surface area contributed by atoms with Gasteiger partial charge in [-0.25, -0.2) is 9.37 Å². The molecule has 0 aliphatic carbocycles. The summed E-state index contributed by atoms with van der Waals surface area (Å²) in [5.41, 5.74) is 7.06. The first-order chi connectivity index (χ1) is 7.47. The van der Waals surface area contributed by atoms with Gasteiger partial charge in [0.1, 0.15) is 10.8 Å². The van der Waals surface area contributed by atoms with Crippen molar-refractivity contribution in [3.05, 3.63) is 40.5 Å². The van der Waals surface area contributed by atoms with Crippen LogP contribution in [0.15, 0.2) is 29.6 Å². The summed E-state index contributed by atoms with van der Waals surface area (Å²) in [5, 5.41) is 2.75. The molecular weight excluding hydrogens is 223 g/mol. The van der Waals surface area contributed by atoms with E-state index in [4.69, 9.17) is 5.73 Å². The fourth-order valence-corrected chi connectivity index (χ4v) is 2.22. The Balaban J connectivity index is 2.39. The van der Waals surface area contributed by atoms with Gasteiger partial charge in [0, 0.05) is 10.9 Å². The molecule has 0 atom stereocenters. The predicted molar refractivity (Wildman–Crippen MR) is 64.7 cm³/mol. The smallest absolute Gasteiger partial charge is 0.123 e. The quantitative estimate of drug-likeness (QED) is 0.870. The Hall–Kier alpha value is -1.26. The molecule has 0 spiro atoms. The Bertz CT molecular complexity index is 500. The maximum absolute atomic E-state index is 13.0. The topological polar surface area (TPSA) is 38.9 Å². The predicted octanol–water partition coefficient (Wildman–Crippen LogP) is 3.14. The van der Waals surface area contributed by atoms with Gasteiger partial charge in [-0.05, 0) is 26.0 Å². The zero-order chi connectivity index (χ0) is 11.8. The van der Waals surface area contributed by atoms with E-state index in [0.29, 0.717) is 0 Å². The minimum absolute atomic E-state index is 0.251. The van der Waals surface area contributed by atoms with Gasteiger partial charge in [0.15, 0.2) is 0 Å². The zero-order valence-corrected chi connectivity index (χ0v) is 10.0. The first-order valence-corrected chi connectivity index (χ1v) is 5.85. The summed E-state index contributed by atoms with van der Waals surface area (Å²) in [6.07, 6.45) is 0. The number of benzene rings is 1. The van der Waals surface area contributed by atoms with Crippen molar-refractivity contribution < 1.29 is 4.39 Å². The van der Waals surface area contributed by atoms with Gasteiger partial charge >= 0.3 is 0 Å². The highest BCUT2D eigenvalue weighted by atomic mass is 32.1. The Labute approximate surface area is 97.9 Å². The molecule has 1 heterocycles. The number of nitrogens with zero attached hydrogens (tertiary/aromatic N) is 1. The van der Waals surface area contributed by atoms with E-state index in [9.17, 15) is 4.39 Å². The van der Waals surface area contributed by atoms with Crippen LogP contribution in [0, 0.1) is 5.82 Å². The third-order valence-electron chi connectivity index (χ3n) is 2.18. The zero-order valence-electron chi connectivity index (χ0n) is 9.20. The van der Waals surface area contributed by atoms with Crippen LogP contribution in [-0.4, -0.2) is 4.98 Å². The van der Waals surface area contributed by atoms with Gasteiger partial charge in [-0.15, -0.1) is 11.3 Å². The summed E-state index contributed by atoms with van der Waals surface area (Å²) in [6.45, 7) is 3.81. The van der Waals surface area contributed by atoms with Crippen molar-refractivity contribution in [2.75, 3.05) is 0 Å². The summed E-state index contributed by atoms with van der Waals surface area (Å²) >= 11 is 1.50. The third-order valence-corrected chi connectivity index (χ3v) is 3.36. The first-order valence-electron chi connectivity index (χ1n) is 4.97. The van der Waals surface area contributed by atoms with Crippen LogP contribution in [0.5, 0.6) is 0 Å². The standard InChI is InChI=1S/C12H13FN2S/c1-12(2,14)11-15-10(7-16-11)8-4-3-5-9(13)6-8/h3-7H,14H2,1-2H3. The fraction of sp³-hybridized carbons (Fsp3) is 0.250. The number of rotatable bonds is 2. The summed E-state index contributed by atoms with van der Waals surface area (Å²) in [6, 6.07) is 6.41. The third kappa shape index (κ3) is 2.28. The first kappa shape index (κ1) is 11.2. The second-order valence-corrected chi connectivity index (χ2v) is 5.13. The van der Waals surface area contributed by atoms with Crippen molar-refractivity contribution in [3.8, 4) is 11.3 Å². The van der Waals surface area contributed by atoms with Crippen LogP contribution in [0.25, 0.3) is 11.3 Å². The second-order valence-electron chi connectivity index (χ2n) is 4.27. The highest BCUT2D eigenvalue weighted by molar-refractivity contribution is 7.10. The van der Waals surface area contributed by atoms with Crippen LogP contribution in [-0.2, 0) is 5.54 Å². The van der Waals surface area contributed by atoms with E-state index in [1.165, 1.54) is 23.5 Å². The van der Waals surface area contributed by atoms with Crippen LogP contribution in [0.4, 0.5) is 4.39 Å². The minimum atomic E-state index is -0.448. The van der Waals surface area contributed by atoms with Crippen molar-refractivity contribution in [2.45, 2.75) is 19.4 Å². The number of halogens is 1. The van der Waals surface area contributed by atoms with Gasteiger partial charge in [-0.2, -0.15) is 0 Å². The van der Waals surface area contributed by atoms with Crippen molar-refractivity contribution in [3.63, 3.8) is 0 Å². The number of thiazole rings is 1. The van der Waals surface area contributed by atoms with Crippen LogP contribution in [0.3, 0.4) is 0 Å². The molecule has 0 saturated carbocycles. The Morgan fingerprint density at radius 2 is 2.12 bits per heavy atom. The molecule has 1 aromatic carbocycles. The van der Waals surface area contributed by atoms with Crippen molar-refractivity contribution >= 4 is 11.3 Å². The molecule has 16 heavy (non-hydrogen) atoms. The highest BCUT2D eigenvalue weighted by Gasteiger charge is 2.18. The molecule has 0 amide bonds. The van der Waals surface area contributed by atoms with Gasteiger partial charge in [-0.3, -0.25) is 0 Å². The molecule has 4 heteroatoms. The number of hydrogen-bond donors (Lipinski definition) is 1. The number of aromatic nitrogens is 1. The summed E-state index contributed by atoms with van der Waals surface area (Å²) in [7, 11) is 0. The van der Waals surface area contributed by atoms with Crippen molar-refractivity contribution in [1.82, 2.24) is 4.98 Å². The van der Waals surface area contributed by atoms with Crippen LogP contribution < -0.4 is 5.73 Å². The molecule has 84 valence electrons. The number of nitrogens with two attached hydrogens (primary N) is 1. The van der Waals surface area contributed by atoms with Crippen molar-refractivity contribution in [1.29, 1.82) is 0 Å². The van der Waals surface area contributed by atoms with E-state index in [1.54, 1.807) is 6.07 Å². The second kappa shape index (κ2) is 3.96. The molecule has 0 saturated heterocycles. The summed E-state index contributed by atoms with van der Waals surface area (Å²) < 4.78 is 13.0. The molecule has 0 aliphatic heterocycles. The van der Waals surface area contributed by atoms with Crippen LogP contribution >= 0.6 is 11.3 Å². The van der Waals surface area contributed by atoms with Gasteiger partial charge in [0.25, 0.3) is 0 Å². The Morgan fingerprint density at radius 3 is 2.69 bits per heavy atom. The van der Waals surface area contributed by atoms with Gasteiger partial charge < -0.3 is 5.73 Å². The summed E-state index contributed by atoms with van der Waals surface area (Å²) in [4.78, 5) is 4.42. The maximum atomic E-state index is 13.0. The molecule has 2 aromatic rings. The Kier molecular flexibility index (Phi) is 2.78. The molecule has 2 nitrogen and oxygen atoms in total. The molecule has 1 aromatic heterocycles. The van der Waals surface area contributed by atoms with E-state index < -0.39 is 5.54 Å². The van der Waals surface area contributed by atoms with Gasteiger partial charge in [0.05, 0.1) is 11.2 Å². The molecule has 0 fully saturated rings. The fourth-order valence-electron chi connectivity index (χ4n) is 1.35. The summed E-state index contributed by atoms with van der Waals surface area (Å²) in [5.74, 6) is -0.251. The van der Waals surface area contributed by atoms with E-state index in [-0.39, 0.29) is 5.82 Å². The van der Waals surface area contributed by atoms with Crippen molar-refractivity contribution in [2.24, 2.45) is 5.73 Å². The molecular formula is C12H13FN2S. The van der Waals surface area contributed by atoms with Crippen LogP contribution in [0.1, 0.15) is 18.9 Å². The van der Waals surface area contributed by atoms with Crippen LogP contribution in [0.2, 0.25) is 0 Å². The molecule has 0 radical (unpaired) electrons. The highest BCUT2D eigenvalue weighted by Crippen LogP contribution is 2.27. The molecule has 0 aliphatic rings. The molecule has 2 rings (SSSR count). The van der Waals surface area contributed by atoms with E-state index in [0.717, 1.165) is 16.3 Å². The molecule has 0 bridgehead atoms. The lowest BCUT2D eigenvalue weighted by Gasteiger charge is -2.13. The normalized spacial score (nSPS) is 11.8. The lowest BCUT2D eigenvalue weighted by atomic mass is 10.1. The average molecular weight is 236 g/mol. The van der Waals surface area contributed by atoms with Gasteiger partial charge in [0.2, 0.25) is 0 Å². The van der Waals surface area contributed by atoms with E-state index >= 15 is 0 Å². The number of hydrogen-bond acceptors (Lipinski definition) is 3. The van der Waals surface area contributed by atoms with E-state index in [2.05, 4.69) is 4.98 Å². The monoisotopic (exact) mass is 236 g/mol.